The first-order valence-corrected chi connectivity index (χ1v) is 6.71. The first-order chi connectivity index (χ1) is 9.14. The molecular formula is C16H18O3. The number of carbonyl (C=O) groups excluding carboxylic acids is 2. The van der Waals surface area contributed by atoms with Gasteiger partial charge in [0.05, 0.1) is 5.60 Å². The van der Waals surface area contributed by atoms with E-state index in [1.807, 2.05) is 6.07 Å². The van der Waals surface area contributed by atoms with Gasteiger partial charge in [-0.15, -0.1) is 0 Å². The lowest BCUT2D eigenvalue weighted by atomic mass is 9.80. The van der Waals surface area contributed by atoms with Crippen molar-refractivity contribution in [2.24, 2.45) is 0 Å². The van der Waals surface area contributed by atoms with Crippen LogP contribution < -0.4 is 0 Å². The van der Waals surface area contributed by atoms with Gasteiger partial charge in [-0.3, -0.25) is 4.79 Å². The number of aliphatic hydroxyl groups is 1. The Morgan fingerprint density at radius 3 is 2.37 bits per heavy atom. The Morgan fingerprint density at radius 2 is 1.79 bits per heavy atom. The second kappa shape index (κ2) is 5.96. The van der Waals surface area contributed by atoms with Crippen LogP contribution in [0, 0.1) is 0 Å². The third-order valence-electron chi connectivity index (χ3n) is 3.72. The van der Waals surface area contributed by atoms with Crippen LogP contribution in [0.5, 0.6) is 0 Å². The zero-order chi connectivity index (χ0) is 13.7. The third-order valence-corrected chi connectivity index (χ3v) is 3.72. The zero-order valence-corrected chi connectivity index (χ0v) is 10.9. The average molecular weight is 258 g/mol. The minimum absolute atomic E-state index is 0.0203. The molecule has 1 saturated carbocycles. The number of Topliss-reactive ketones (excluding diaryl/α,β-unsaturated/α-hetero) is 1. The number of hydrogen-bond donors (Lipinski definition) is 1. The van der Waals surface area contributed by atoms with Crippen LogP contribution in [-0.4, -0.2) is 22.4 Å². The predicted molar refractivity (Wildman–Crippen MR) is 73.2 cm³/mol. The Labute approximate surface area is 113 Å². The minimum atomic E-state index is -0.938. The van der Waals surface area contributed by atoms with Crippen LogP contribution >= 0.6 is 0 Å². The van der Waals surface area contributed by atoms with E-state index >= 15 is 0 Å². The second-order valence-corrected chi connectivity index (χ2v) is 5.23. The van der Waals surface area contributed by atoms with Crippen molar-refractivity contribution in [2.45, 2.75) is 44.1 Å². The summed E-state index contributed by atoms with van der Waals surface area (Å²) in [5, 5.41) is 10.4. The van der Waals surface area contributed by atoms with Crippen molar-refractivity contribution < 1.29 is 14.7 Å². The lowest BCUT2D eigenvalue weighted by molar-refractivity contribution is -0.119. The van der Waals surface area contributed by atoms with Crippen LogP contribution in [0.15, 0.2) is 30.3 Å². The molecule has 1 fully saturated rings. The van der Waals surface area contributed by atoms with E-state index in [9.17, 15) is 14.7 Å². The Morgan fingerprint density at radius 1 is 1.16 bits per heavy atom. The van der Waals surface area contributed by atoms with Crippen molar-refractivity contribution in [3.8, 4) is 0 Å². The van der Waals surface area contributed by atoms with E-state index in [1.54, 1.807) is 30.2 Å². The van der Waals surface area contributed by atoms with Gasteiger partial charge in [0.25, 0.3) is 0 Å². The zero-order valence-electron chi connectivity index (χ0n) is 10.9. The molecule has 0 spiro atoms. The van der Waals surface area contributed by atoms with Gasteiger partial charge >= 0.3 is 0 Å². The largest absolute Gasteiger partial charge is 0.389 e. The van der Waals surface area contributed by atoms with Crippen molar-refractivity contribution in [3.05, 3.63) is 35.9 Å². The molecule has 0 bridgehead atoms. The van der Waals surface area contributed by atoms with E-state index in [4.69, 9.17) is 0 Å². The quantitative estimate of drug-likeness (QED) is 0.667. The number of rotatable bonds is 4. The van der Waals surface area contributed by atoms with Gasteiger partial charge in [0.15, 0.2) is 5.78 Å². The summed E-state index contributed by atoms with van der Waals surface area (Å²) in [7, 11) is 0. The van der Waals surface area contributed by atoms with Crippen molar-refractivity contribution in [1.29, 1.82) is 0 Å². The summed E-state index contributed by atoms with van der Waals surface area (Å²) in [6.45, 7) is 0. The molecule has 1 aromatic rings. The molecule has 1 aliphatic rings. The highest BCUT2D eigenvalue weighted by molar-refractivity contribution is 6.28. The molecule has 0 aliphatic heterocycles. The SMILES string of the molecule is O=C=C(C(=O)CC1(O)CCCCC1)c1ccccc1. The molecule has 0 atom stereocenters. The monoisotopic (exact) mass is 258 g/mol. The number of carbonyl (C=O) groups is 1. The second-order valence-electron chi connectivity index (χ2n) is 5.23. The lowest BCUT2D eigenvalue weighted by Crippen LogP contribution is -2.34. The molecule has 100 valence electrons. The Kier molecular flexibility index (Phi) is 4.31. The van der Waals surface area contributed by atoms with Gasteiger partial charge in [-0.05, 0) is 18.4 Å². The van der Waals surface area contributed by atoms with Gasteiger partial charge in [0.2, 0.25) is 0 Å². The maximum Gasteiger partial charge on any atom is 0.177 e. The Balaban J connectivity index is 2.12. The molecule has 2 rings (SSSR count). The molecule has 0 radical (unpaired) electrons. The van der Waals surface area contributed by atoms with Crippen molar-refractivity contribution in [1.82, 2.24) is 0 Å². The number of allylic oxidation sites excluding steroid dienone is 1. The molecule has 0 saturated heterocycles. The summed E-state index contributed by atoms with van der Waals surface area (Å²) in [6, 6.07) is 8.79. The van der Waals surface area contributed by atoms with E-state index in [0.717, 1.165) is 19.3 Å². The van der Waals surface area contributed by atoms with Gasteiger partial charge in [-0.2, -0.15) is 0 Å². The molecule has 1 aliphatic carbocycles. The lowest BCUT2D eigenvalue weighted by Gasteiger charge is -2.31. The standard InChI is InChI=1S/C16H18O3/c17-12-14(13-7-3-1-4-8-13)15(18)11-16(19)9-5-2-6-10-16/h1,3-4,7-8,19H,2,5-6,9-11H2. The van der Waals surface area contributed by atoms with Gasteiger partial charge in [-0.1, -0.05) is 49.6 Å². The highest BCUT2D eigenvalue weighted by Crippen LogP contribution is 2.32. The van der Waals surface area contributed by atoms with Crippen LogP contribution in [-0.2, 0) is 9.59 Å². The van der Waals surface area contributed by atoms with Crippen molar-refractivity contribution >= 4 is 17.3 Å². The number of ketones is 1. The van der Waals surface area contributed by atoms with E-state index < -0.39 is 5.60 Å². The molecule has 0 heterocycles. The van der Waals surface area contributed by atoms with Crippen molar-refractivity contribution in [3.63, 3.8) is 0 Å². The van der Waals surface area contributed by atoms with Gasteiger partial charge in [0, 0.05) is 6.42 Å². The van der Waals surface area contributed by atoms with E-state index in [1.165, 1.54) is 0 Å². The fraction of sp³-hybridized carbons (Fsp3) is 0.438. The first kappa shape index (κ1) is 13.7. The summed E-state index contributed by atoms with van der Waals surface area (Å²) < 4.78 is 0. The molecule has 3 nitrogen and oxygen atoms in total. The van der Waals surface area contributed by atoms with Gasteiger partial charge in [-0.25, -0.2) is 4.79 Å². The van der Waals surface area contributed by atoms with Crippen molar-refractivity contribution in [2.75, 3.05) is 0 Å². The van der Waals surface area contributed by atoms with Crippen LogP contribution in [0.2, 0.25) is 0 Å². The fourth-order valence-corrected chi connectivity index (χ4v) is 2.66. The highest BCUT2D eigenvalue weighted by atomic mass is 16.3. The summed E-state index contributed by atoms with van der Waals surface area (Å²) in [6.07, 6.45) is 4.28. The molecule has 0 amide bonds. The van der Waals surface area contributed by atoms with Gasteiger partial charge in [0.1, 0.15) is 11.5 Å². The summed E-state index contributed by atoms with van der Waals surface area (Å²) in [4.78, 5) is 23.2. The summed E-state index contributed by atoms with van der Waals surface area (Å²) in [5.41, 5.74) is -0.326. The Hall–Kier alpha value is -1.70. The Bertz CT molecular complexity index is 492. The summed E-state index contributed by atoms with van der Waals surface area (Å²) >= 11 is 0. The third kappa shape index (κ3) is 3.40. The van der Waals surface area contributed by atoms with Crippen LogP contribution in [0.3, 0.4) is 0 Å². The van der Waals surface area contributed by atoms with E-state index in [2.05, 4.69) is 0 Å². The molecule has 19 heavy (non-hydrogen) atoms. The maximum absolute atomic E-state index is 12.2. The molecule has 1 N–H and O–H groups in total. The summed E-state index contributed by atoms with van der Waals surface area (Å²) in [5.74, 6) is 1.42. The smallest absolute Gasteiger partial charge is 0.177 e. The van der Waals surface area contributed by atoms with Crippen LogP contribution in [0.25, 0.3) is 5.57 Å². The number of hydrogen-bond acceptors (Lipinski definition) is 3. The molecule has 0 unspecified atom stereocenters. The minimum Gasteiger partial charge on any atom is -0.389 e. The van der Waals surface area contributed by atoms with Gasteiger partial charge < -0.3 is 5.11 Å². The van der Waals surface area contributed by atoms with E-state index in [-0.39, 0.29) is 17.8 Å². The highest BCUT2D eigenvalue weighted by Gasteiger charge is 2.33. The van der Waals surface area contributed by atoms with Crippen LogP contribution in [0.4, 0.5) is 0 Å². The fourth-order valence-electron chi connectivity index (χ4n) is 2.66. The van der Waals surface area contributed by atoms with Crippen LogP contribution in [0.1, 0.15) is 44.1 Å². The normalized spacial score (nSPS) is 17.5. The average Bonchev–Trinajstić information content (AvgIpc) is 2.41. The maximum atomic E-state index is 12.2. The molecular weight excluding hydrogens is 240 g/mol. The molecule has 1 aromatic carbocycles. The topological polar surface area (TPSA) is 54.4 Å². The molecule has 0 aromatic heterocycles. The predicted octanol–water partition coefficient (Wildman–Crippen LogP) is 2.56. The van der Waals surface area contributed by atoms with E-state index in [0.29, 0.717) is 18.4 Å². The first-order valence-electron chi connectivity index (χ1n) is 6.71. The molecule has 3 heteroatoms. The number of benzene rings is 1.